The predicted octanol–water partition coefficient (Wildman–Crippen LogP) is 8.68. The van der Waals surface area contributed by atoms with Crippen LogP contribution >= 0.6 is 21.5 Å². The number of sulfonamides is 1. The standard InChI is InChI=1S/C36H58N2O12S2Si4.CH3.ClH.Ru/c1-41-53(42-2,27-16-26-51-9)49-55(45-5,46-6)29-30-56(47-7,48-8)50-54(43-3,44-4)28-25-31-21-23-34(24-22-31)52(39,40)38-36(33-19-14-11-15-20-33)35(37)32-17-12-10-13-18-32;;;/h10-15,17-24,35-37H,16,25-30H2,1-9H3;1H3;1H;/q-2;-1;;+4/p-1/t35-,36-;;;/m1.../s1. The fourth-order valence-electron chi connectivity index (χ4n) is 6.04. The van der Waals surface area contributed by atoms with Crippen molar-refractivity contribution >= 4 is 66.7 Å². The average Bonchev–Trinajstić information content (AvgIpc) is 3.28. The Morgan fingerprint density at radius 3 is 1.42 bits per heavy atom. The van der Waals surface area contributed by atoms with E-state index in [-0.39, 0.29) is 24.4 Å². The van der Waals surface area contributed by atoms with Gasteiger partial charge >= 0.3 is 62.2 Å². The molecule has 0 radical (unpaired) electrons. The Balaban J connectivity index is 0.00000571. The van der Waals surface area contributed by atoms with E-state index in [1.807, 2.05) is 60.0 Å². The molecule has 0 aliphatic heterocycles. The first-order valence-corrected chi connectivity index (χ1v) is 30.9. The number of benzene rings is 3. The van der Waals surface area contributed by atoms with Crippen LogP contribution in [0.5, 0.6) is 0 Å². The van der Waals surface area contributed by atoms with Gasteiger partial charge in [0, 0.05) is 86.0 Å². The van der Waals surface area contributed by atoms with Crippen molar-refractivity contribution in [3.05, 3.63) is 120 Å². The maximum atomic E-state index is 13.7. The number of aryl methyl sites for hydroxylation is 1. The Bertz CT molecular complexity index is 1670. The van der Waals surface area contributed by atoms with Crippen molar-refractivity contribution in [1.82, 2.24) is 0 Å². The van der Waals surface area contributed by atoms with E-state index < -0.39 is 57.3 Å². The second kappa shape index (κ2) is 28.1. The zero-order valence-electron chi connectivity index (χ0n) is 35.6. The molecule has 0 aromatic heterocycles. The van der Waals surface area contributed by atoms with E-state index in [1.54, 1.807) is 62.4 Å². The van der Waals surface area contributed by atoms with Crippen molar-refractivity contribution in [2.75, 3.05) is 68.9 Å². The molecule has 0 bridgehead atoms. The van der Waals surface area contributed by atoms with Crippen molar-refractivity contribution in [2.45, 2.75) is 54.0 Å². The molecule has 0 saturated heterocycles. The van der Waals surface area contributed by atoms with Gasteiger partial charge in [-0.05, 0) is 42.5 Å². The van der Waals surface area contributed by atoms with Gasteiger partial charge in [0.15, 0.2) is 0 Å². The molecule has 0 saturated carbocycles. The first kappa shape index (κ1) is 56.3. The van der Waals surface area contributed by atoms with Gasteiger partial charge in [0.2, 0.25) is 0 Å². The van der Waals surface area contributed by atoms with Crippen LogP contribution in [-0.4, -0.2) is 113 Å². The van der Waals surface area contributed by atoms with Crippen LogP contribution in [0.25, 0.3) is 10.5 Å². The Morgan fingerprint density at radius 1 is 0.627 bits per heavy atom. The molecule has 14 nitrogen and oxygen atoms in total. The van der Waals surface area contributed by atoms with Crippen LogP contribution in [0, 0.1) is 7.43 Å². The first-order chi connectivity index (χ1) is 27.8. The summed E-state index contributed by atoms with van der Waals surface area (Å²) in [6, 6.07) is 24.2. The quantitative estimate of drug-likeness (QED) is 0.0386. The summed E-state index contributed by atoms with van der Waals surface area (Å²) in [6.45, 7) is 0. The molecule has 0 unspecified atom stereocenters. The van der Waals surface area contributed by atoms with Crippen LogP contribution in [0.4, 0.5) is 0 Å². The van der Waals surface area contributed by atoms with Crippen LogP contribution in [0.2, 0.25) is 24.2 Å². The predicted molar refractivity (Wildman–Crippen MR) is 239 cm³/mol. The summed E-state index contributed by atoms with van der Waals surface area (Å²) in [5, 5.41) is 0. The van der Waals surface area contributed by atoms with Gasteiger partial charge in [0.1, 0.15) is 10.0 Å². The van der Waals surface area contributed by atoms with Crippen LogP contribution in [-0.2, 0) is 77.4 Å². The molecule has 1 N–H and O–H groups in total. The number of rotatable bonds is 28. The number of thioether (sulfide) groups is 1. The van der Waals surface area contributed by atoms with Gasteiger partial charge in [-0.25, -0.2) is 8.42 Å². The van der Waals surface area contributed by atoms with E-state index in [4.69, 9.17) is 49.4 Å². The third-order valence-electron chi connectivity index (χ3n) is 9.49. The van der Waals surface area contributed by atoms with E-state index in [0.29, 0.717) is 29.6 Å². The van der Waals surface area contributed by atoms with Crippen molar-refractivity contribution < 1.29 is 69.4 Å². The van der Waals surface area contributed by atoms with Gasteiger partial charge in [0.25, 0.3) is 0 Å². The average molecular weight is 1040 g/mol. The summed E-state index contributed by atoms with van der Waals surface area (Å²) < 4.78 is 92.4. The van der Waals surface area contributed by atoms with E-state index in [1.165, 1.54) is 54.8 Å². The summed E-state index contributed by atoms with van der Waals surface area (Å²) >= 11 is 3.56. The summed E-state index contributed by atoms with van der Waals surface area (Å²) in [6.07, 6.45) is 3.31. The third-order valence-corrected chi connectivity index (χ3v) is 25.6. The fourth-order valence-corrected chi connectivity index (χ4v) is 21.9. The zero-order chi connectivity index (χ0) is 43.3. The second-order valence-corrected chi connectivity index (χ2v) is 27.6. The van der Waals surface area contributed by atoms with E-state index in [2.05, 4.69) is 14.4 Å². The van der Waals surface area contributed by atoms with Crippen LogP contribution in [0.1, 0.15) is 35.2 Å². The molecule has 3 aromatic carbocycles. The van der Waals surface area contributed by atoms with E-state index >= 15 is 0 Å². The van der Waals surface area contributed by atoms with Gasteiger partial charge in [0.05, 0.1) is 0 Å². The zero-order valence-corrected chi connectivity index (χ0v) is 43.7. The number of hydrogen-bond donors (Lipinski definition) is 0. The molecule has 0 amide bonds. The second-order valence-electron chi connectivity index (χ2n) is 12.6. The van der Waals surface area contributed by atoms with Crippen LogP contribution in [0.15, 0.2) is 89.8 Å². The molecule has 0 heterocycles. The van der Waals surface area contributed by atoms with Gasteiger partial charge in [-0.2, -0.15) is 11.8 Å². The van der Waals surface area contributed by atoms with Crippen molar-refractivity contribution in [2.24, 2.45) is 0 Å². The molecule has 0 spiro atoms. The molecule has 3 aromatic rings. The summed E-state index contributed by atoms with van der Waals surface area (Å²) in [7, 11) is -0.760. The van der Waals surface area contributed by atoms with Crippen molar-refractivity contribution in [1.29, 1.82) is 0 Å². The SMILES string of the molecule is CO[Si](CCCSC)(OC)O[Si](CC[Si](OC)(OC)O[Si](CCc1ccc(S(=O)(=O)[N-][C@H](c2ccccc2)[C@H]([NH-])c2ccccc2)cc1)(OC)OC)(OC)OC.[CH3-].[Cl][Ru+3]. The Kier molecular flexibility index (Phi) is 26.8. The number of hydrogen-bond acceptors (Lipinski definition) is 13. The normalized spacial score (nSPS) is 13.5. The fraction of sp³-hybridized carbons (Fsp3) is 0.486. The number of halogens is 1. The molecule has 0 fully saturated rings. The van der Waals surface area contributed by atoms with Crippen LogP contribution in [0.3, 0.4) is 0 Å². The van der Waals surface area contributed by atoms with Crippen molar-refractivity contribution in [3.63, 3.8) is 0 Å². The Labute approximate surface area is 376 Å². The van der Waals surface area contributed by atoms with Gasteiger partial charge in [-0.15, -0.1) is 12.1 Å². The molecule has 334 valence electrons. The molecule has 59 heavy (non-hydrogen) atoms. The van der Waals surface area contributed by atoms with Crippen molar-refractivity contribution in [3.8, 4) is 0 Å². The van der Waals surface area contributed by atoms with E-state index in [9.17, 15) is 8.42 Å². The third kappa shape index (κ3) is 16.4. The van der Waals surface area contributed by atoms with Gasteiger partial charge < -0.3 is 61.5 Å². The number of nitrogens with one attached hydrogen (secondary N) is 1. The number of nitrogens with zero attached hydrogens (tertiary/aromatic N) is 1. The Morgan fingerprint density at radius 2 is 1.02 bits per heavy atom. The monoisotopic (exact) mass is 1040 g/mol. The summed E-state index contributed by atoms with van der Waals surface area (Å²) in [5.74, 6) is 0.924. The summed E-state index contributed by atoms with van der Waals surface area (Å²) in [4.78, 5) is 0.0234. The minimum absolute atomic E-state index is 0. The van der Waals surface area contributed by atoms with E-state index in [0.717, 1.165) is 17.7 Å². The molecule has 0 aliphatic rings. The maximum absolute atomic E-state index is 13.7. The molecule has 0 aliphatic carbocycles. The molecular formula is C37H61ClN2O12RuS2Si4. The minimum atomic E-state index is -4.13. The Hall–Kier alpha value is -0.739. The van der Waals surface area contributed by atoms with Gasteiger partial charge in [-0.3, -0.25) is 0 Å². The first-order valence-electron chi connectivity index (χ1n) is 18.1. The molecule has 3 rings (SSSR count). The molecule has 22 heteroatoms. The van der Waals surface area contributed by atoms with Crippen LogP contribution < -0.4 is 0 Å². The topological polar surface area (TPSA) is 164 Å². The summed E-state index contributed by atoms with van der Waals surface area (Å²) in [5.41, 5.74) is 11.1. The molecule has 2 atom stereocenters. The van der Waals surface area contributed by atoms with Gasteiger partial charge in [-0.1, -0.05) is 83.9 Å². The molecular weight excluding hydrogens is 977 g/mol.